The third-order valence-electron chi connectivity index (χ3n) is 3.92. The van der Waals surface area contributed by atoms with Crippen LogP contribution in [-0.4, -0.2) is 27.5 Å². The second-order valence-corrected chi connectivity index (χ2v) is 6.86. The van der Waals surface area contributed by atoms with Crippen LogP contribution in [0.5, 0.6) is 0 Å². The molecule has 0 fully saturated rings. The van der Waals surface area contributed by atoms with Crippen molar-refractivity contribution in [3.63, 3.8) is 0 Å². The van der Waals surface area contributed by atoms with E-state index >= 15 is 0 Å². The van der Waals surface area contributed by atoms with Gasteiger partial charge >= 0.3 is 5.97 Å². The standard InChI is InChI=1S/C18H20N4O3S/c1-10(2)12-5-7-13(8-6-12)16-20-14(25-21-16)9-24-18(23)15-11(3)22-26-17(15)19-4/h5-8,10,19H,9H2,1-4H3. The molecule has 3 rings (SSSR count). The van der Waals surface area contributed by atoms with Crippen LogP contribution >= 0.6 is 11.5 Å². The van der Waals surface area contributed by atoms with Crippen LogP contribution in [0, 0.1) is 6.92 Å². The van der Waals surface area contributed by atoms with Crippen LogP contribution in [0.4, 0.5) is 5.00 Å². The average molecular weight is 372 g/mol. The van der Waals surface area contributed by atoms with Gasteiger partial charge in [-0.2, -0.15) is 9.36 Å². The Morgan fingerprint density at radius 1 is 1.31 bits per heavy atom. The lowest BCUT2D eigenvalue weighted by molar-refractivity contribution is 0.0430. The Balaban J connectivity index is 1.67. The molecule has 1 aromatic carbocycles. The van der Waals surface area contributed by atoms with Crippen molar-refractivity contribution in [3.05, 3.63) is 47.0 Å². The molecular formula is C18H20N4O3S. The zero-order chi connectivity index (χ0) is 18.7. The van der Waals surface area contributed by atoms with E-state index in [0.29, 0.717) is 28.0 Å². The van der Waals surface area contributed by atoms with Crippen LogP contribution in [0.2, 0.25) is 0 Å². The number of hydrogen-bond donors (Lipinski definition) is 1. The van der Waals surface area contributed by atoms with Crippen molar-refractivity contribution in [2.45, 2.75) is 33.3 Å². The lowest BCUT2D eigenvalue weighted by atomic mass is 10.0. The zero-order valence-corrected chi connectivity index (χ0v) is 15.9. The van der Waals surface area contributed by atoms with Gasteiger partial charge in [0.2, 0.25) is 5.82 Å². The highest BCUT2D eigenvalue weighted by atomic mass is 32.1. The molecule has 0 aliphatic carbocycles. The predicted molar refractivity (Wildman–Crippen MR) is 99.3 cm³/mol. The average Bonchev–Trinajstić information content (AvgIpc) is 3.26. The summed E-state index contributed by atoms with van der Waals surface area (Å²) in [5.41, 5.74) is 3.15. The summed E-state index contributed by atoms with van der Waals surface area (Å²) in [5, 5.41) is 7.56. The van der Waals surface area contributed by atoms with Gasteiger partial charge in [-0.1, -0.05) is 43.3 Å². The third-order valence-corrected chi connectivity index (χ3v) is 4.88. The highest BCUT2D eigenvalue weighted by molar-refractivity contribution is 7.10. The van der Waals surface area contributed by atoms with Crippen LogP contribution in [0.3, 0.4) is 0 Å². The quantitative estimate of drug-likeness (QED) is 0.653. The number of rotatable bonds is 6. The largest absolute Gasteiger partial charge is 0.452 e. The van der Waals surface area contributed by atoms with Crippen molar-refractivity contribution < 1.29 is 14.1 Å². The highest BCUT2D eigenvalue weighted by Crippen LogP contribution is 2.25. The van der Waals surface area contributed by atoms with Crippen LogP contribution in [0.1, 0.15) is 47.3 Å². The molecule has 2 aromatic heterocycles. The molecule has 2 heterocycles. The Kier molecular flexibility index (Phi) is 5.32. The van der Waals surface area contributed by atoms with Gasteiger partial charge < -0.3 is 14.6 Å². The fourth-order valence-corrected chi connectivity index (χ4v) is 3.16. The van der Waals surface area contributed by atoms with Gasteiger partial charge in [-0.05, 0) is 29.9 Å². The van der Waals surface area contributed by atoms with E-state index in [-0.39, 0.29) is 12.5 Å². The van der Waals surface area contributed by atoms with E-state index in [1.54, 1.807) is 14.0 Å². The number of anilines is 1. The summed E-state index contributed by atoms with van der Waals surface area (Å²) >= 11 is 1.22. The number of ether oxygens (including phenoxy) is 1. The molecule has 0 saturated carbocycles. The molecular weight excluding hydrogens is 352 g/mol. The van der Waals surface area contributed by atoms with Gasteiger partial charge in [0, 0.05) is 12.6 Å². The number of aromatic nitrogens is 3. The normalized spacial score (nSPS) is 11.0. The maximum atomic E-state index is 12.3. The van der Waals surface area contributed by atoms with Gasteiger partial charge in [0.15, 0.2) is 6.61 Å². The van der Waals surface area contributed by atoms with Crippen LogP contribution in [0.15, 0.2) is 28.8 Å². The Hall–Kier alpha value is -2.74. The first kappa shape index (κ1) is 18.1. The van der Waals surface area contributed by atoms with E-state index in [2.05, 4.69) is 33.7 Å². The molecule has 0 atom stereocenters. The second kappa shape index (κ2) is 7.65. The number of nitrogens with one attached hydrogen (secondary N) is 1. The number of carbonyl (C=O) groups excluding carboxylic acids is 1. The summed E-state index contributed by atoms with van der Waals surface area (Å²) in [7, 11) is 1.73. The maximum Gasteiger partial charge on any atom is 0.343 e. The first-order valence-electron chi connectivity index (χ1n) is 8.23. The van der Waals surface area contributed by atoms with Crippen molar-refractivity contribution in [2.75, 3.05) is 12.4 Å². The number of nitrogens with zero attached hydrogens (tertiary/aromatic N) is 3. The molecule has 0 bridgehead atoms. The molecule has 136 valence electrons. The zero-order valence-electron chi connectivity index (χ0n) is 15.1. The molecule has 0 spiro atoms. The number of hydrogen-bond acceptors (Lipinski definition) is 8. The van der Waals surface area contributed by atoms with E-state index in [1.807, 2.05) is 24.3 Å². The van der Waals surface area contributed by atoms with Crippen LogP contribution < -0.4 is 5.32 Å². The molecule has 1 N–H and O–H groups in total. The third kappa shape index (κ3) is 3.75. The van der Waals surface area contributed by atoms with Gasteiger partial charge in [-0.25, -0.2) is 4.79 Å². The van der Waals surface area contributed by atoms with E-state index in [9.17, 15) is 4.79 Å². The molecule has 3 aromatic rings. The summed E-state index contributed by atoms with van der Waals surface area (Å²) < 4.78 is 14.6. The molecule has 8 heteroatoms. The minimum Gasteiger partial charge on any atom is -0.452 e. The first-order valence-corrected chi connectivity index (χ1v) is 9.01. The minimum absolute atomic E-state index is 0.0889. The maximum absolute atomic E-state index is 12.3. The molecule has 26 heavy (non-hydrogen) atoms. The topological polar surface area (TPSA) is 90.1 Å². The smallest absolute Gasteiger partial charge is 0.343 e. The van der Waals surface area contributed by atoms with Crippen molar-refractivity contribution in [2.24, 2.45) is 0 Å². The fraction of sp³-hybridized carbons (Fsp3) is 0.333. The molecule has 0 aliphatic heterocycles. The highest BCUT2D eigenvalue weighted by Gasteiger charge is 2.20. The van der Waals surface area contributed by atoms with Crippen molar-refractivity contribution in [1.82, 2.24) is 14.5 Å². The van der Waals surface area contributed by atoms with E-state index < -0.39 is 5.97 Å². The molecule has 0 saturated heterocycles. The van der Waals surface area contributed by atoms with Crippen molar-refractivity contribution >= 4 is 22.5 Å². The van der Waals surface area contributed by atoms with Crippen LogP contribution in [0.25, 0.3) is 11.4 Å². The van der Waals surface area contributed by atoms with E-state index in [0.717, 1.165) is 5.56 Å². The molecule has 0 aliphatic rings. The number of carbonyl (C=O) groups is 1. The first-order chi connectivity index (χ1) is 12.5. The molecule has 0 amide bonds. The summed E-state index contributed by atoms with van der Waals surface area (Å²) in [6.07, 6.45) is 0. The van der Waals surface area contributed by atoms with Gasteiger partial charge in [0.1, 0.15) is 10.6 Å². The van der Waals surface area contributed by atoms with E-state index in [1.165, 1.54) is 17.1 Å². The second-order valence-electron chi connectivity index (χ2n) is 6.09. The summed E-state index contributed by atoms with van der Waals surface area (Å²) in [5.74, 6) is 0.701. The Morgan fingerprint density at radius 2 is 2.04 bits per heavy atom. The van der Waals surface area contributed by atoms with E-state index in [4.69, 9.17) is 9.26 Å². The summed E-state index contributed by atoms with van der Waals surface area (Å²) in [6.45, 7) is 5.95. The Labute approximate surface area is 155 Å². The molecule has 0 unspecified atom stereocenters. The lowest BCUT2D eigenvalue weighted by Crippen LogP contribution is -2.08. The van der Waals surface area contributed by atoms with Crippen LogP contribution in [-0.2, 0) is 11.3 Å². The monoisotopic (exact) mass is 372 g/mol. The molecule has 0 radical (unpaired) electrons. The van der Waals surface area contributed by atoms with Crippen molar-refractivity contribution in [1.29, 1.82) is 0 Å². The number of aryl methyl sites for hydroxylation is 1. The predicted octanol–water partition coefficient (Wildman–Crippen LogP) is 4.02. The number of benzene rings is 1. The number of esters is 1. The van der Waals surface area contributed by atoms with Gasteiger partial charge in [0.05, 0.1) is 5.69 Å². The Bertz CT molecular complexity index is 900. The lowest BCUT2D eigenvalue weighted by Gasteiger charge is -2.04. The molecule has 7 nitrogen and oxygen atoms in total. The van der Waals surface area contributed by atoms with Gasteiger partial charge in [-0.3, -0.25) is 0 Å². The Morgan fingerprint density at radius 3 is 2.69 bits per heavy atom. The fourth-order valence-electron chi connectivity index (χ4n) is 2.43. The van der Waals surface area contributed by atoms with Gasteiger partial charge in [-0.15, -0.1) is 0 Å². The minimum atomic E-state index is -0.471. The summed E-state index contributed by atoms with van der Waals surface area (Å²) in [6, 6.07) is 7.99. The van der Waals surface area contributed by atoms with Gasteiger partial charge in [0.25, 0.3) is 5.89 Å². The SMILES string of the molecule is CNc1snc(C)c1C(=O)OCc1nc(-c2ccc(C(C)C)cc2)no1. The summed E-state index contributed by atoms with van der Waals surface area (Å²) in [4.78, 5) is 16.6. The van der Waals surface area contributed by atoms with Crippen molar-refractivity contribution in [3.8, 4) is 11.4 Å².